The molecule has 184 valence electrons. The van der Waals surface area contributed by atoms with E-state index in [2.05, 4.69) is 40.8 Å². The van der Waals surface area contributed by atoms with E-state index >= 15 is 0 Å². The molecule has 0 aliphatic carbocycles. The van der Waals surface area contributed by atoms with Crippen LogP contribution in [0.4, 0.5) is 17.3 Å². The predicted molar refractivity (Wildman–Crippen MR) is 142 cm³/mol. The van der Waals surface area contributed by atoms with Gasteiger partial charge in [-0.05, 0) is 43.5 Å². The number of nitrogens with zero attached hydrogens (tertiary/aromatic N) is 4. The number of benzene rings is 2. The largest absolute Gasteiger partial charge is 0.491 e. The lowest BCUT2D eigenvalue weighted by Gasteiger charge is -2.25. The summed E-state index contributed by atoms with van der Waals surface area (Å²) in [6.07, 6.45) is 3.25. The number of halogens is 1. The molecule has 0 radical (unpaired) electrons. The van der Waals surface area contributed by atoms with Gasteiger partial charge in [0.2, 0.25) is 11.9 Å². The third-order valence-corrected chi connectivity index (χ3v) is 5.92. The standard InChI is InChI=1S/C26H36ClN5O2/c1-6-15-32(16-7-2)22-11-8-10-21-25(22)31(5)26(29-21)28-20-14-13-19(27)18-23(20)34-17-9-12-24(33)30(3)4/h8,10-11,13-14,18H,6-7,9,12,15-17H2,1-5H3,(H,28,29). The van der Waals surface area contributed by atoms with Crippen LogP contribution in [-0.2, 0) is 11.8 Å². The average molecular weight is 486 g/mol. The van der Waals surface area contributed by atoms with E-state index in [1.807, 2.05) is 25.2 Å². The molecule has 0 saturated heterocycles. The van der Waals surface area contributed by atoms with E-state index in [9.17, 15) is 4.79 Å². The van der Waals surface area contributed by atoms with Crippen molar-refractivity contribution in [1.29, 1.82) is 0 Å². The molecule has 8 heteroatoms. The molecule has 1 aromatic heterocycles. The number of anilines is 3. The maximum Gasteiger partial charge on any atom is 0.222 e. The minimum Gasteiger partial charge on any atom is -0.491 e. The van der Waals surface area contributed by atoms with Gasteiger partial charge >= 0.3 is 0 Å². The topological polar surface area (TPSA) is 62.6 Å². The van der Waals surface area contributed by atoms with E-state index in [4.69, 9.17) is 21.3 Å². The monoisotopic (exact) mass is 485 g/mol. The van der Waals surface area contributed by atoms with Crippen molar-refractivity contribution in [2.45, 2.75) is 39.5 Å². The lowest BCUT2D eigenvalue weighted by molar-refractivity contribution is -0.128. The second-order valence-corrected chi connectivity index (χ2v) is 9.07. The van der Waals surface area contributed by atoms with Gasteiger partial charge in [0.1, 0.15) is 5.75 Å². The molecule has 0 atom stereocenters. The minimum absolute atomic E-state index is 0.0868. The molecule has 0 bridgehead atoms. The fraction of sp³-hybridized carbons (Fsp3) is 0.462. The van der Waals surface area contributed by atoms with E-state index < -0.39 is 0 Å². The molecule has 34 heavy (non-hydrogen) atoms. The van der Waals surface area contributed by atoms with Crippen LogP contribution >= 0.6 is 11.6 Å². The molecule has 7 nitrogen and oxygen atoms in total. The number of fused-ring (bicyclic) bond motifs is 1. The van der Waals surface area contributed by atoms with E-state index in [0.717, 1.165) is 48.6 Å². The number of aromatic nitrogens is 2. The van der Waals surface area contributed by atoms with Crippen LogP contribution in [0, 0.1) is 0 Å². The fourth-order valence-corrected chi connectivity index (χ4v) is 4.14. The van der Waals surface area contributed by atoms with Gasteiger partial charge in [0, 0.05) is 51.7 Å². The average Bonchev–Trinajstić information content (AvgIpc) is 3.13. The maximum atomic E-state index is 11.8. The summed E-state index contributed by atoms with van der Waals surface area (Å²) in [4.78, 5) is 20.7. The third kappa shape index (κ3) is 6.14. The zero-order chi connectivity index (χ0) is 24.7. The van der Waals surface area contributed by atoms with E-state index in [-0.39, 0.29) is 5.91 Å². The number of hydrogen-bond acceptors (Lipinski definition) is 5. The fourth-order valence-electron chi connectivity index (χ4n) is 3.98. The Bertz CT molecular complexity index is 1110. The number of aryl methyl sites for hydroxylation is 1. The Hall–Kier alpha value is -2.93. The Morgan fingerprint density at radius 3 is 2.56 bits per heavy atom. The van der Waals surface area contributed by atoms with Gasteiger partial charge in [-0.3, -0.25) is 4.79 Å². The Morgan fingerprint density at radius 1 is 1.15 bits per heavy atom. The Balaban J connectivity index is 1.85. The van der Waals surface area contributed by atoms with Crippen LogP contribution in [0.15, 0.2) is 36.4 Å². The van der Waals surface area contributed by atoms with Crippen molar-refractivity contribution < 1.29 is 9.53 Å². The Morgan fingerprint density at radius 2 is 1.88 bits per heavy atom. The van der Waals surface area contributed by atoms with Crippen LogP contribution in [0.1, 0.15) is 39.5 Å². The summed E-state index contributed by atoms with van der Waals surface area (Å²) in [6.45, 7) is 6.85. The minimum atomic E-state index is 0.0868. The number of amides is 1. The summed E-state index contributed by atoms with van der Waals surface area (Å²) in [5.74, 6) is 1.45. The molecule has 2 aromatic carbocycles. The molecule has 1 amide bonds. The van der Waals surface area contributed by atoms with Gasteiger partial charge in [0.25, 0.3) is 0 Å². The number of carbonyl (C=O) groups excluding carboxylic acids is 1. The van der Waals surface area contributed by atoms with Crippen molar-refractivity contribution in [2.75, 3.05) is 44.0 Å². The highest BCUT2D eigenvalue weighted by atomic mass is 35.5. The van der Waals surface area contributed by atoms with Gasteiger partial charge in [0.15, 0.2) is 0 Å². The molecule has 0 aliphatic heterocycles. The second kappa shape index (κ2) is 12.0. The second-order valence-electron chi connectivity index (χ2n) is 8.63. The first-order chi connectivity index (χ1) is 16.3. The van der Waals surface area contributed by atoms with Crippen molar-refractivity contribution in [1.82, 2.24) is 14.5 Å². The SMILES string of the molecule is CCCN(CCC)c1cccc2nc(Nc3ccc(Cl)cc3OCCCC(=O)N(C)C)n(C)c12. The predicted octanol–water partition coefficient (Wildman–Crippen LogP) is 5.84. The van der Waals surface area contributed by atoms with Gasteiger partial charge in [0.05, 0.1) is 29.0 Å². The van der Waals surface area contributed by atoms with Crippen molar-refractivity contribution in [3.8, 4) is 5.75 Å². The van der Waals surface area contributed by atoms with Gasteiger partial charge in [-0.2, -0.15) is 0 Å². The summed E-state index contributed by atoms with van der Waals surface area (Å²) >= 11 is 6.24. The third-order valence-electron chi connectivity index (χ3n) is 5.68. The quantitative estimate of drug-likeness (QED) is 0.326. The molecular weight excluding hydrogens is 450 g/mol. The Kier molecular flexibility index (Phi) is 9.05. The highest BCUT2D eigenvalue weighted by molar-refractivity contribution is 6.30. The van der Waals surface area contributed by atoms with Crippen LogP contribution < -0.4 is 15.0 Å². The molecule has 3 rings (SSSR count). The normalized spacial score (nSPS) is 11.0. The summed E-state index contributed by atoms with van der Waals surface area (Å²) in [5, 5.41) is 4.02. The van der Waals surface area contributed by atoms with Gasteiger partial charge in [-0.1, -0.05) is 31.5 Å². The van der Waals surface area contributed by atoms with Crippen molar-refractivity contribution in [2.24, 2.45) is 7.05 Å². The van der Waals surface area contributed by atoms with Crippen LogP contribution in [0.25, 0.3) is 11.0 Å². The first-order valence-corrected chi connectivity index (χ1v) is 12.3. The number of rotatable bonds is 12. The molecule has 3 aromatic rings. The van der Waals surface area contributed by atoms with Crippen molar-refractivity contribution >= 4 is 45.9 Å². The molecule has 1 N–H and O–H groups in total. The molecule has 0 aliphatic rings. The van der Waals surface area contributed by atoms with E-state index in [0.29, 0.717) is 30.2 Å². The van der Waals surface area contributed by atoms with Gasteiger partial charge in [-0.15, -0.1) is 0 Å². The molecular formula is C26H36ClN5O2. The summed E-state index contributed by atoms with van der Waals surface area (Å²) < 4.78 is 8.09. The molecule has 0 saturated carbocycles. The lowest BCUT2D eigenvalue weighted by atomic mass is 10.2. The molecule has 0 unspecified atom stereocenters. The first kappa shape index (κ1) is 25.7. The number of imidazole rings is 1. The summed E-state index contributed by atoms with van der Waals surface area (Å²) in [6, 6.07) is 11.8. The Labute approximate surface area is 207 Å². The lowest BCUT2D eigenvalue weighted by Crippen LogP contribution is -2.25. The summed E-state index contributed by atoms with van der Waals surface area (Å²) in [5.41, 5.74) is 4.02. The number of carbonyl (C=O) groups is 1. The van der Waals surface area contributed by atoms with Gasteiger partial charge in [-0.25, -0.2) is 4.98 Å². The van der Waals surface area contributed by atoms with Crippen molar-refractivity contribution in [3.05, 3.63) is 41.4 Å². The zero-order valence-electron chi connectivity index (χ0n) is 20.9. The first-order valence-electron chi connectivity index (χ1n) is 12.0. The maximum absolute atomic E-state index is 11.8. The molecule has 0 fully saturated rings. The van der Waals surface area contributed by atoms with Crippen molar-refractivity contribution in [3.63, 3.8) is 0 Å². The number of hydrogen-bond donors (Lipinski definition) is 1. The summed E-state index contributed by atoms with van der Waals surface area (Å²) in [7, 11) is 5.54. The van der Waals surface area contributed by atoms with Crippen LogP contribution in [0.3, 0.4) is 0 Å². The highest BCUT2D eigenvalue weighted by Gasteiger charge is 2.17. The van der Waals surface area contributed by atoms with Crippen LogP contribution in [0.2, 0.25) is 5.02 Å². The number of nitrogens with one attached hydrogen (secondary N) is 1. The molecule has 1 heterocycles. The van der Waals surface area contributed by atoms with Crippen LogP contribution in [-0.4, -0.2) is 54.1 Å². The zero-order valence-corrected chi connectivity index (χ0v) is 21.7. The number of para-hydroxylation sites is 1. The van der Waals surface area contributed by atoms with Gasteiger partial charge < -0.3 is 24.4 Å². The van der Waals surface area contributed by atoms with E-state index in [1.54, 1.807) is 25.1 Å². The highest BCUT2D eigenvalue weighted by Crippen LogP contribution is 2.34. The number of ether oxygens (including phenoxy) is 1. The molecule has 0 spiro atoms. The van der Waals surface area contributed by atoms with Crippen LogP contribution in [0.5, 0.6) is 5.75 Å². The smallest absolute Gasteiger partial charge is 0.222 e. The van der Waals surface area contributed by atoms with E-state index in [1.165, 1.54) is 5.69 Å².